The minimum Gasteiger partial charge on any atom is -0.363 e. The van der Waals surface area contributed by atoms with Gasteiger partial charge in [-0.3, -0.25) is 0 Å². The van der Waals surface area contributed by atoms with Gasteiger partial charge in [0.15, 0.2) is 0 Å². The monoisotopic (exact) mass is 363 g/mol. The van der Waals surface area contributed by atoms with E-state index in [4.69, 9.17) is 9.72 Å². The van der Waals surface area contributed by atoms with Gasteiger partial charge in [-0.05, 0) is 49.7 Å². The van der Waals surface area contributed by atoms with Crippen molar-refractivity contribution in [2.45, 2.75) is 25.0 Å². The number of nitriles is 1. The number of ether oxygens (including phenoxy) is 1. The van der Waals surface area contributed by atoms with Gasteiger partial charge in [-0.25, -0.2) is 4.98 Å². The van der Waals surface area contributed by atoms with Crippen molar-refractivity contribution in [1.82, 2.24) is 9.88 Å². The van der Waals surface area contributed by atoms with Crippen LogP contribution in [-0.2, 0) is 4.74 Å². The van der Waals surface area contributed by atoms with Gasteiger partial charge in [-0.1, -0.05) is 24.3 Å². The molecule has 2 aromatic carbocycles. The molecule has 0 spiro atoms. The van der Waals surface area contributed by atoms with Crippen LogP contribution >= 0.6 is 11.3 Å². The van der Waals surface area contributed by atoms with Crippen LogP contribution in [0.25, 0.3) is 10.2 Å². The van der Waals surface area contributed by atoms with Crippen LogP contribution in [0.2, 0.25) is 0 Å². The Morgan fingerprint density at radius 3 is 2.77 bits per heavy atom. The second-order valence-electron chi connectivity index (χ2n) is 6.78. The van der Waals surface area contributed by atoms with Gasteiger partial charge >= 0.3 is 0 Å². The molecule has 1 unspecified atom stereocenters. The molecule has 1 saturated heterocycles. The Kier molecular flexibility index (Phi) is 4.98. The summed E-state index contributed by atoms with van der Waals surface area (Å²) < 4.78 is 7.72. The molecule has 0 radical (unpaired) electrons. The standard InChI is InChI=1S/C21H21N3OS/c1-24-11-9-17(10-12-24)25-20(16-6-4-5-15(13-16)14-22)21-23-18-7-2-3-8-19(18)26-21/h2-8,13,17,20H,9-12H2,1H3. The van der Waals surface area contributed by atoms with Crippen molar-refractivity contribution in [2.75, 3.05) is 20.1 Å². The van der Waals surface area contributed by atoms with E-state index in [0.717, 1.165) is 46.7 Å². The molecular formula is C21H21N3OS. The first-order valence-corrected chi connectivity index (χ1v) is 9.74. The fraction of sp³-hybridized carbons (Fsp3) is 0.333. The molecule has 0 bridgehead atoms. The minimum absolute atomic E-state index is 0.217. The van der Waals surface area contributed by atoms with E-state index < -0.39 is 0 Å². The summed E-state index contributed by atoms with van der Waals surface area (Å²) in [5, 5.41) is 10.2. The van der Waals surface area contributed by atoms with Gasteiger partial charge in [0.25, 0.3) is 0 Å². The molecule has 0 aliphatic carbocycles. The van der Waals surface area contributed by atoms with Gasteiger partial charge in [0.05, 0.1) is 28.0 Å². The summed E-state index contributed by atoms with van der Waals surface area (Å²) in [5.41, 5.74) is 2.66. The predicted molar refractivity (Wildman–Crippen MR) is 104 cm³/mol. The Labute approximate surface area is 157 Å². The number of rotatable bonds is 4. The Morgan fingerprint density at radius 1 is 1.19 bits per heavy atom. The lowest BCUT2D eigenvalue weighted by Gasteiger charge is -2.31. The van der Waals surface area contributed by atoms with Gasteiger partial charge in [0.1, 0.15) is 11.1 Å². The van der Waals surface area contributed by atoms with Crippen LogP contribution in [0.15, 0.2) is 48.5 Å². The van der Waals surface area contributed by atoms with E-state index in [2.05, 4.69) is 24.1 Å². The molecule has 4 nitrogen and oxygen atoms in total. The summed E-state index contributed by atoms with van der Waals surface area (Å²) in [6.07, 6.45) is 2.04. The van der Waals surface area contributed by atoms with Crippen molar-refractivity contribution in [3.63, 3.8) is 0 Å². The molecule has 0 saturated carbocycles. The topological polar surface area (TPSA) is 49.1 Å². The van der Waals surface area contributed by atoms with E-state index in [9.17, 15) is 5.26 Å². The van der Waals surface area contributed by atoms with Crippen molar-refractivity contribution in [1.29, 1.82) is 5.26 Å². The van der Waals surface area contributed by atoms with E-state index in [0.29, 0.717) is 5.56 Å². The van der Waals surface area contributed by atoms with Gasteiger partial charge in [0, 0.05) is 13.1 Å². The van der Waals surface area contributed by atoms with Crippen LogP contribution < -0.4 is 0 Å². The summed E-state index contributed by atoms with van der Waals surface area (Å²) in [7, 11) is 2.15. The van der Waals surface area contributed by atoms with E-state index >= 15 is 0 Å². The van der Waals surface area contributed by atoms with Crippen molar-refractivity contribution in [2.24, 2.45) is 0 Å². The number of thiazole rings is 1. The minimum atomic E-state index is -0.228. The molecule has 0 N–H and O–H groups in total. The summed E-state index contributed by atoms with van der Waals surface area (Å²) in [6.45, 7) is 2.10. The highest BCUT2D eigenvalue weighted by Crippen LogP contribution is 2.35. The molecule has 1 atom stereocenters. The SMILES string of the molecule is CN1CCC(OC(c2cccc(C#N)c2)c2nc3ccccc3s2)CC1. The maximum atomic E-state index is 9.27. The predicted octanol–water partition coefficient (Wildman–Crippen LogP) is 4.37. The van der Waals surface area contributed by atoms with Crippen LogP contribution in [0.1, 0.15) is 35.1 Å². The van der Waals surface area contributed by atoms with Crippen LogP contribution in [0.3, 0.4) is 0 Å². The third-order valence-electron chi connectivity index (χ3n) is 4.85. The highest BCUT2D eigenvalue weighted by molar-refractivity contribution is 7.18. The molecule has 4 rings (SSSR count). The van der Waals surface area contributed by atoms with Gasteiger partial charge in [-0.2, -0.15) is 5.26 Å². The van der Waals surface area contributed by atoms with E-state index in [-0.39, 0.29) is 12.2 Å². The van der Waals surface area contributed by atoms with E-state index in [1.807, 2.05) is 42.5 Å². The van der Waals surface area contributed by atoms with Crippen LogP contribution in [0.5, 0.6) is 0 Å². The molecule has 0 amide bonds. The number of nitrogens with zero attached hydrogens (tertiary/aromatic N) is 3. The molecule has 1 aliphatic rings. The van der Waals surface area contributed by atoms with Crippen LogP contribution in [-0.4, -0.2) is 36.1 Å². The Hall–Kier alpha value is -2.26. The molecule has 1 aromatic heterocycles. The highest BCUT2D eigenvalue weighted by atomic mass is 32.1. The maximum absolute atomic E-state index is 9.27. The van der Waals surface area contributed by atoms with Crippen LogP contribution in [0, 0.1) is 11.3 Å². The maximum Gasteiger partial charge on any atom is 0.134 e. The van der Waals surface area contributed by atoms with Gasteiger partial charge in [0.2, 0.25) is 0 Å². The van der Waals surface area contributed by atoms with Crippen molar-refractivity contribution in [3.05, 3.63) is 64.7 Å². The average molecular weight is 363 g/mol. The Balaban J connectivity index is 1.69. The highest BCUT2D eigenvalue weighted by Gasteiger charge is 2.26. The van der Waals surface area contributed by atoms with Gasteiger partial charge < -0.3 is 9.64 Å². The number of hydrogen-bond acceptors (Lipinski definition) is 5. The number of piperidine rings is 1. The largest absolute Gasteiger partial charge is 0.363 e. The first-order valence-electron chi connectivity index (χ1n) is 8.92. The second-order valence-corrected chi connectivity index (χ2v) is 7.84. The van der Waals surface area contributed by atoms with Gasteiger partial charge in [-0.15, -0.1) is 11.3 Å². The zero-order chi connectivity index (χ0) is 17.9. The zero-order valence-corrected chi connectivity index (χ0v) is 15.6. The third kappa shape index (κ3) is 3.63. The lowest BCUT2D eigenvalue weighted by atomic mass is 10.0. The van der Waals surface area contributed by atoms with Crippen LogP contribution in [0.4, 0.5) is 0 Å². The first-order chi connectivity index (χ1) is 12.7. The van der Waals surface area contributed by atoms with E-state index in [1.54, 1.807) is 11.3 Å². The lowest BCUT2D eigenvalue weighted by molar-refractivity contribution is -0.0234. The zero-order valence-electron chi connectivity index (χ0n) is 14.8. The third-order valence-corrected chi connectivity index (χ3v) is 5.93. The Morgan fingerprint density at radius 2 is 2.00 bits per heavy atom. The molecular weight excluding hydrogens is 342 g/mol. The fourth-order valence-electron chi connectivity index (χ4n) is 3.37. The summed E-state index contributed by atoms with van der Waals surface area (Å²) in [4.78, 5) is 7.16. The molecule has 3 aromatic rings. The molecule has 1 aliphatic heterocycles. The smallest absolute Gasteiger partial charge is 0.134 e. The number of benzene rings is 2. The molecule has 2 heterocycles. The fourth-order valence-corrected chi connectivity index (χ4v) is 4.40. The lowest BCUT2D eigenvalue weighted by Crippen LogP contribution is -2.35. The average Bonchev–Trinajstić information content (AvgIpc) is 3.11. The summed E-state index contributed by atoms with van der Waals surface area (Å²) >= 11 is 1.67. The van der Waals surface area contributed by atoms with Crippen molar-refractivity contribution in [3.8, 4) is 6.07 Å². The van der Waals surface area contributed by atoms with Crippen molar-refractivity contribution < 1.29 is 4.74 Å². The van der Waals surface area contributed by atoms with E-state index in [1.165, 1.54) is 0 Å². The normalized spacial score (nSPS) is 17.2. The summed E-state index contributed by atoms with van der Waals surface area (Å²) in [6, 6.07) is 18.1. The number of para-hydroxylation sites is 1. The first kappa shape index (κ1) is 17.2. The second kappa shape index (κ2) is 7.55. The van der Waals surface area contributed by atoms with Crippen molar-refractivity contribution >= 4 is 21.6 Å². The summed E-state index contributed by atoms with van der Waals surface area (Å²) in [5.74, 6) is 0. The number of hydrogen-bond donors (Lipinski definition) is 0. The quantitative estimate of drug-likeness (QED) is 0.691. The number of aromatic nitrogens is 1. The molecule has 132 valence electrons. The Bertz CT molecular complexity index is 905. The molecule has 26 heavy (non-hydrogen) atoms. The molecule has 5 heteroatoms. The molecule has 1 fully saturated rings. The number of likely N-dealkylation sites (tertiary alicyclic amines) is 1. The number of fused-ring (bicyclic) bond motifs is 1.